The zero-order valence-electron chi connectivity index (χ0n) is 8.98. The third-order valence-corrected chi connectivity index (χ3v) is 2.57. The molecule has 0 radical (unpaired) electrons. The van der Waals surface area contributed by atoms with E-state index in [9.17, 15) is 0 Å². The van der Waals surface area contributed by atoms with Crippen LogP contribution in [0, 0.1) is 5.41 Å². The summed E-state index contributed by atoms with van der Waals surface area (Å²) >= 11 is 0. The largest absolute Gasteiger partial charge is 0.103 e. The molecule has 1 atom stereocenters. The number of allylic oxidation sites excluding steroid dienone is 3. The van der Waals surface area contributed by atoms with Crippen LogP contribution < -0.4 is 0 Å². The summed E-state index contributed by atoms with van der Waals surface area (Å²) < 4.78 is 0. The maximum atomic E-state index is 3.88. The summed E-state index contributed by atoms with van der Waals surface area (Å²) in [6.07, 6.45) is 7.98. The van der Waals surface area contributed by atoms with Gasteiger partial charge in [0, 0.05) is 0 Å². The fourth-order valence-electron chi connectivity index (χ4n) is 1.11. The summed E-state index contributed by atoms with van der Waals surface area (Å²) in [6.45, 7) is 12.7. The zero-order chi connectivity index (χ0) is 9.61. The van der Waals surface area contributed by atoms with Crippen molar-refractivity contribution in [2.45, 2.75) is 47.0 Å². The Hall–Kier alpha value is -0.520. The van der Waals surface area contributed by atoms with E-state index in [1.165, 1.54) is 24.8 Å². The van der Waals surface area contributed by atoms with E-state index in [0.717, 1.165) is 0 Å². The van der Waals surface area contributed by atoms with Gasteiger partial charge in [0.15, 0.2) is 0 Å². The van der Waals surface area contributed by atoms with Crippen LogP contribution >= 0.6 is 0 Å². The average molecular weight is 166 g/mol. The predicted molar refractivity (Wildman–Crippen MR) is 57.3 cm³/mol. The fourth-order valence-corrected chi connectivity index (χ4v) is 1.11. The topological polar surface area (TPSA) is 0 Å². The first-order chi connectivity index (χ1) is 5.54. The smallest absolute Gasteiger partial charge is 0.0149 e. The van der Waals surface area contributed by atoms with Gasteiger partial charge in [0.05, 0.1) is 0 Å². The van der Waals surface area contributed by atoms with Crippen LogP contribution in [0.2, 0.25) is 0 Å². The lowest BCUT2D eigenvalue weighted by molar-refractivity contribution is 0.381. The normalized spacial score (nSPS) is 15.0. The first-order valence-electron chi connectivity index (χ1n) is 4.81. The minimum Gasteiger partial charge on any atom is -0.103 e. The number of hydrogen-bond acceptors (Lipinski definition) is 0. The van der Waals surface area contributed by atoms with Crippen molar-refractivity contribution in [3.8, 4) is 0 Å². The van der Waals surface area contributed by atoms with Gasteiger partial charge in [-0.1, -0.05) is 31.6 Å². The van der Waals surface area contributed by atoms with Crippen LogP contribution in [-0.2, 0) is 0 Å². The van der Waals surface area contributed by atoms with Gasteiger partial charge in [0.1, 0.15) is 0 Å². The Morgan fingerprint density at radius 1 is 1.42 bits per heavy atom. The van der Waals surface area contributed by atoms with Gasteiger partial charge in [0.2, 0.25) is 0 Å². The van der Waals surface area contributed by atoms with Crippen molar-refractivity contribution >= 4 is 0 Å². The van der Waals surface area contributed by atoms with Crippen LogP contribution in [-0.4, -0.2) is 0 Å². The van der Waals surface area contributed by atoms with Crippen molar-refractivity contribution in [3.05, 3.63) is 24.3 Å². The molecule has 0 fully saturated rings. The van der Waals surface area contributed by atoms with Crippen molar-refractivity contribution in [1.29, 1.82) is 0 Å². The SMILES string of the molecule is C=CC(C)(CC)CCC=C(C)C. The second-order valence-corrected chi connectivity index (χ2v) is 4.03. The molecule has 0 spiro atoms. The van der Waals surface area contributed by atoms with Gasteiger partial charge in [-0.2, -0.15) is 0 Å². The van der Waals surface area contributed by atoms with Gasteiger partial charge in [-0.3, -0.25) is 0 Å². The molecule has 0 aliphatic heterocycles. The molecule has 0 nitrogen and oxygen atoms in total. The molecule has 0 saturated carbocycles. The Balaban J connectivity index is 3.89. The Labute approximate surface area is 77.4 Å². The van der Waals surface area contributed by atoms with Crippen LogP contribution in [0.15, 0.2) is 24.3 Å². The van der Waals surface area contributed by atoms with Crippen molar-refractivity contribution in [2.24, 2.45) is 5.41 Å². The molecule has 0 aromatic heterocycles. The van der Waals surface area contributed by atoms with E-state index < -0.39 is 0 Å². The maximum absolute atomic E-state index is 3.88. The van der Waals surface area contributed by atoms with Crippen molar-refractivity contribution in [3.63, 3.8) is 0 Å². The Morgan fingerprint density at radius 3 is 2.33 bits per heavy atom. The first kappa shape index (κ1) is 11.5. The van der Waals surface area contributed by atoms with Gasteiger partial charge in [0.25, 0.3) is 0 Å². The summed E-state index contributed by atoms with van der Waals surface area (Å²) in [5.74, 6) is 0. The van der Waals surface area contributed by atoms with Crippen LogP contribution in [0.4, 0.5) is 0 Å². The van der Waals surface area contributed by atoms with Crippen molar-refractivity contribution in [2.75, 3.05) is 0 Å². The second kappa shape index (κ2) is 5.18. The molecule has 0 heteroatoms. The minimum atomic E-state index is 0.339. The standard InChI is InChI=1S/C12H22/c1-6-12(5,7-2)10-8-9-11(3)4/h6,9H,1,7-8,10H2,2-5H3. The molecule has 0 aliphatic rings. The molecule has 0 amide bonds. The summed E-state index contributed by atoms with van der Waals surface area (Å²) in [5.41, 5.74) is 1.75. The third kappa shape index (κ3) is 4.38. The Kier molecular flexibility index (Phi) is 4.96. The summed E-state index contributed by atoms with van der Waals surface area (Å²) in [7, 11) is 0. The lowest BCUT2D eigenvalue weighted by Crippen LogP contribution is -2.10. The lowest BCUT2D eigenvalue weighted by atomic mass is 9.83. The Morgan fingerprint density at radius 2 is 2.00 bits per heavy atom. The summed E-state index contributed by atoms with van der Waals surface area (Å²) in [5, 5.41) is 0. The van der Waals surface area contributed by atoms with Crippen molar-refractivity contribution < 1.29 is 0 Å². The van der Waals surface area contributed by atoms with E-state index in [2.05, 4.69) is 46.4 Å². The zero-order valence-corrected chi connectivity index (χ0v) is 8.98. The van der Waals surface area contributed by atoms with Crippen LogP contribution in [0.3, 0.4) is 0 Å². The van der Waals surface area contributed by atoms with Crippen LogP contribution in [0.25, 0.3) is 0 Å². The first-order valence-corrected chi connectivity index (χ1v) is 4.81. The molecular formula is C12H22. The van der Waals surface area contributed by atoms with E-state index >= 15 is 0 Å². The molecule has 0 aromatic rings. The highest BCUT2D eigenvalue weighted by Crippen LogP contribution is 2.28. The molecule has 0 bridgehead atoms. The van der Waals surface area contributed by atoms with Gasteiger partial charge in [-0.05, 0) is 38.5 Å². The molecule has 0 heterocycles. The van der Waals surface area contributed by atoms with Gasteiger partial charge < -0.3 is 0 Å². The molecule has 70 valence electrons. The van der Waals surface area contributed by atoms with E-state index in [4.69, 9.17) is 0 Å². The molecule has 0 rings (SSSR count). The summed E-state index contributed by atoms with van der Waals surface area (Å²) in [6, 6.07) is 0. The highest BCUT2D eigenvalue weighted by atomic mass is 14.2. The molecule has 1 unspecified atom stereocenters. The van der Waals surface area contributed by atoms with E-state index in [0.29, 0.717) is 5.41 Å². The molecular weight excluding hydrogens is 144 g/mol. The monoisotopic (exact) mass is 166 g/mol. The molecule has 0 saturated heterocycles. The van der Waals surface area contributed by atoms with E-state index in [1.54, 1.807) is 0 Å². The predicted octanol–water partition coefficient (Wildman–Crippen LogP) is 4.34. The quantitative estimate of drug-likeness (QED) is 0.533. The molecule has 0 N–H and O–H groups in total. The summed E-state index contributed by atoms with van der Waals surface area (Å²) in [4.78, 5) is 0. The average Bonchev–Trinajstić information content (AvgIpc) is 2.03. The van der Waals surface area contributed by atoms with Gasteiger partial charge in [-0.25, -0.2) is 0 Å². The highest BCUT2D eigenvalue weighted by Gasteiger charge is 2.15. The number of rotatable bonds is 5. The van der Waals surface area contributed by atoms with E-state index in [-0.39, 0.29) is 0 Å². The number of hydrogen-bond donors (Lipinski definition) is 0. The third-order valence-electron chi connectivity index (χ3n) is 2.57. The molecule has 0 aromatic carbocycles. The van der Waals surface area contributed by atoms with E-state index in [1.807, 2.05) is 0 Å². The highest BCUT2D eigenvalue weighted by molar-refractivity contribution is 4.97. The maximum Gasteiger partial charge on any atom is -0.0149 e. The van der Waals surface area contributed by atoms with Crippen LogP contribution in [0.1, 0.15) is 47.0 Å². The molecule has 0 aliphatic carbocycles. The molecule has 12 heavy (non-hydrogen) atoms. The van der Waals surface area contributed by atoms with Gasteiger partial charge in [-0.15, -0.1) is 6.58 Å². The minimum absolute atomic E-state index is 0.339. The Bertz CT molecular complexity index is 161. The second-order valence-electron chi connectivity index (χ2n) is 4.03. The fraction of sp³-hybridized carbons (Fsp3) is 0.667. The van der Waals surface area contributed by atoms with Crippen molar-refractivity contribution in [1.82, 2.24) is 0 Å². The van der Waals surface area contributed by atoms with Crippen LogP contribution in [0.5, 0.6) is 0 Å². The van der Waals surface area contributed by atoms with Gasteiger partial charge >= 0.3 is 0 Å². The lowest BCUT2D eigenvalue weighted by Gasteiger charge is -2.22.